The molecule has 0 unspecified atom stereocenters. The highest BCUT2D eigenvalue weighted by atomic mass is 16.2. The molecule has 3 aromatic rings. The first-order valence-electron chi connectivity index (χ1n) is 9.95. The monoisotopic (exact) mass is 390 g/mol. The standard InChI is InChI=1S/C22H26N6O/c1-26(15-18-7-3-2-4-8-18)21-10-6-5-9-20(21)25-22(29)27-13-11-19(12-14-27)28-17-23-16-24-28/h2-10,16-17,19H,11-15H2,1H3,(H,25,29). The Bertz CT molecular complexity index is 919. The third-order valence-corrected chi connectivity index (χ3v) is 5.38. The summed E-state index contributed by atoms with van der Waals surface area (Å²) in [4.78, 5) is 20.9. The molecule has 7 heteroatoms. The van der Waals surface area contributed by atoms with E-state index in [9.17, 15) is 4.79 Å². The molecule has 0 radical (unpaired) electrons. The molecule has 0 aliphatic carbocycles. The van der Waals surface area contributed by atoms with E-state index in [2.05, 4.69) is 32.4 Å². The van der Waals surface area contributed by atoms with Gasteiger partial charge >= 0.3 is 6.03 Å². The molecule has 0 saturated carbocycles. The molecule has 2 heterocycles. The molecule has 0 atom stereocenters. The first-order valence-corrected chi connectivity index (χ1v) is 9.95. The minimum Gasteiger partial charge on any atom is -0.369 e. The topological polar surface area (TPSA) is 66.3 Å². The maximum absolute atomic E-state index is 12.9. The number of piperidine rings is 1. The molecule has 29 heavy (non-hydrogen) atoms. The van der Waals surface area contributed by atoms with Crippen LogP contribution in [0.25, 0.3) is 0 Å². The maximum atomic E-state index is 12.9. The average molecular weight is 390 g/mol. The fourth-order valence-corrected chi connectivity index (χ4v) is 3.79. The van der Waals surface area contributed by atoms with Crippen molar-refractivity contribution in [3.05, 3.63) is 72.8 Å². The Labute approximate surface area is 171 Å². The predicted octanol–water partition coefficient (Wildman–Crippen LogP) is 3.78. The number of anilines is 2. The second-order valence-electron chi connectivity index (χ2n) is 7.38. The molecular weight excluding hydrogens is 364 g/mol. The van der Waals surface area contributed by atoms with Crippen LogP contribution in [0.4, 0.5) is 16.2 Å². The van der Waals surface area contributed by atoms with Crippen molar-refractivity contribution in [3.63, 3.8) is 0 Å². The summed E-state index contributed by atoms with van der Waals surface area (Å²) in [5, 5.41) is 7.33. The van der Waals surface area contributed by atoms with Gasteiger partial charge in [-0.15, -0.1) is 0 Å². The maximum Gasteiger partial charge on any atom is 0.321 e. The Morgan fingerprint density at radius 2 is 1.83 bits per heavy atom. The van der Waals surface area contributed by atoms with E-state index in [1.54, 1.807) is 12.7 Å². The summed E-state index contributed by atoms with van der Waals surface area (Å²) in [5.41, 5.74) is 3.06. The zero-order chi connectivity index (χ0) is 20.1. The van der Waals surface area contributed by atoms with Crippen LogP contribution in [-0.2, 0) is 6.54 Å². The van der Waals surface area contributed by atoms with Gasteiger partial charge in [0, 0.05) is 26.7 Å². The first kappa shape index (κ1) is 19.0. The van der Waals surface area contributed by atoms with Gasteiger partial charge in [0.25, 0.3) is 0 Å². The van der Waals surface area contributed by atoms with E-state index < -0.39 is 0 Å². The number of rotatable bonds is 5. The van der Waals surface area contributed by atoms with E-state index in [0.717, 1.165) is 30.8 Å². The lowest BCUT2D eigenvalue weighted by Crippen LogP contribution is -2.41. The molecule has 1 aliphatic heterocycles. The van der Waals surface area contributed by atoms with Gasteiger partial charge in [-0.25, -0.2) is 14.5 Å². The van der Waals surface area contributed by atoms with Gasteiger partial charge in [-0.1, -0.05) is 42.5 Å². The molecule has 1 fully saturated rings. The molecule has 4 rings (SSSR count). The van der Waals surface area contributed by atoms with Crippen molar-refractivity contribution in [1.29, 1.82) is 0 Å². The van der Waals surface area contributed by atoms with Crippen LogP contribution in [0.3, 0.4) is 0 Å². The van der Waals surface area contributed by atoms with Crippen LogP contribution in [0.5, 0.6) is 0 Å². The van der Waals surface area contributed by atoms with Crippen molar-refractivity contribution in [3.8, 4) is 0 Å². The zero-order valence-electron chi connectivity index (χ0n) is 16.6. The Balaban J connectivity index is 1.39. The van der Waals surface area contributed by atoms with E-state index >= 15 is 0 Å². The van der Waals surface area contributed by atoms with Crippen LogP contribution in [0.1, 0.15) is 24.4 Å². The number of carbonyl (C=O) groups excluding carboxylic acids is 1. The smallest absolute Gasteiger partial charge is 0.321 e. The minimum absolute atomic E-state index is 0.0531. The van der Waals surface area contributed by atoms with Crippen LogP contribution in [0.15, 0.2) is 67.3 Å². The highest BCUT2D eigenvalue weighted by Crippen LogP contribution is 2.27. The van der Waals surface area contributed by atoms with Crippen LogP contribution < -0.4 is 10.2 Å². The molecule has 1 aliphatic rings. The molecule has 1 saturated heterocycles. The number of urea groups is 1. The molecule has 2 amide bonds. The van der Waals surface area contributed by atoms with E-state index in [4.69, 9.17) is 0 Å². The summed E-state index contributed by atoms with van der Waals surface area (Å²) < 4.78 is 1.89. The number of hydrogen-bond donors (Lipinski definition) is 1. The van der Waals surface area contributed by atoms with Gasteiger partial charge in [-0.3, -0.25) is 0 Å². The van der Waals surface area contributed by atoms with E-state index in [0.29, 0.717) is 19.1 Å². The molecule has 0 spiro atoms. The van der Waals surface area contributed by atoms with Crippen molar-refractivity contribution < 1.29 is 4.79 Å². The molecule has 7 nitrogen and oxygen atoms in total. The Hall–Kier alpha value is -3.35. The number of amides is 2. The molecule has 0 bridgehead atoms. The highest BCUT2D eigenvalue weighted by Gasteiger charge is 2.24. The normalized spacial score (nSPS) is 14.6. The zero-order valence-corrected chi connectivity index (χ0v) is 16.6. The number of hydrogen-bond acceptors (Lipinski definition) is 4. The largest absolute Gasteiger partial charge is 0.369 e. The molecule has 2 aromatic carbocycles. The minimum atomic E-state index is -0.0531. The van der Waals surface area contributed by atoms with Crippen molar-refractivity contribution >= 4 is 17.4 Å². The summed E-state index contributed by atoms with van der Waals surface area (Å²) >= 11 is 0. The highest BCUT2D eigenvalue weighted by molar-refractivity contribution is 5.93. The van der Waals surface area contributed by atoms with Crippen LogP contribution in [-0.4, -0.2) is 45.8 Å². The van der Waals surface area contributed by atoms with Gasteiger partial charge in [-0.2, -0.15) is 5.10 Å². The van der Waals surface area contributed by atoms with E-state index in [1.807, 2.05) is 59.1 Å². The van der Waals surface area contributed by atoms with Gasteiger partial charge in [0.2, 0.25) is 0 Å². The molecule has 1 N–H and O–H groups in total. The average Bonchev–Trinajstić information content (AvgIpc) is 3.30. The van der Waals surface area contributed by atoms with Gasteiger partial charge < -0.3 is 15.1 Å². The van der Waals surface area contributed by atoms with E-state index in [-0.39, 0.29) is 6.03 Å². The number of aromatic nitrogens is 3. The second kappa shape index (κ2) is 8.77. The third-order valence-electron chi connectivity index (χ3n) is 5.38. The summed E-state index contributed by atoms with van der Waals surface area (Å²) in [6.45, 7) is 2.19. The van der Waals surface area contributed by atoms with Crippen LogP contribution in [0.2, 0.25) is 0 Å². The Morgan fingerprint density at radius 1 is 1.10 bits per heavy atom. The fraction of sp³-hybridized carbons (Fsp3) is 0.318. The SMILES string of the molecule is CN(Cc1ccccc1)c1ccccc1NC(=O)N1CCC(n2cncn2)CC1. The predicted molar refractivity (Wildman–Crippen MR) is 114 cm³/mol. The second-order valence-corrected chi connectivity index (χ2v) is 7.38. The van der Waals surface area contributed by atoms with Gasteiger partial charge in [-0.05, 0) is 30.5 Å². The fourth-order valence-electron chi connectivity index (χ4n) is 3.79. The quantitative estimate of drug-likeness (QED) is 0.720. The van der Waals surface area contributed by atoms with Crippen molar-refractivity contribution in [2.45, 2.75) is 25.4 Å². The number of nitrogens with zero attached hydrogens (tertiary/aromatic N) is 5. The lowest BCUT2D eigenvalue weighted by molar-refractivity contribution is 0.180. The number of benzene rings is 2. The van der Waals surface area contributed by atoms with Gasteiger partial charge in [0.1, 0.15) is 12.7 Å². The van der Waals surface area contributed by atoms with Gasteiger partial charge in [0.05, 0.1) is 17.4 Å². The lowest BCUT2D eigenvalue weighted by Gasteiger charge is -2.32. The van der Waals surface area contributed by atoms with Gasteiger partial charge in [0.15, 0.2) is 0 Å². The number of carbonyl (C=O) groups is 1. The lowest BCUT2D eigenvalue weighted by atomic mass is 10.1. The summed E-state index contributed by atoms with van der Waals surface area (Å²) in [5.74, 6) is 0. The van der Waals surface area contributed by atoms with Crippen LogP contribution in [0, 0.1) is 0 Å². The number of likely N-dealkylation sites (tertiary alicyclic amines) is 1. The molecule has 150 valence electrons. The van der Waals surface area contributed by atoms with E-state index in [1.165, 1.54) is 5.56 Å². The van der Waals surface area contributed by atoms with Crippen molar-refractivity contribution in [1.82, 2.24) is 19.7 Å². The summed E-state index contributed by atoms with van der Waals surface area (Å²) in [6.07, 6.45) is 5.07. The summed E-state index contributed by atoms with van der Waals surface area (Å²) in [6, 6.07) is 18.5. The Morgan fingerprint density at radius 3 is 2.55 bits per heavy atom. The summed E-state index contributed by atoms with van der Waals surface area (Å²) in [7, 11) is 2.04. The van der Waals surface area contributed by atoms with Crippen LogP contribution >= 0.6 is 0 Å². The third kappa shape index (κ3) is 4.56. The van der Waals surface area contributed by atoms with Crippen molar-refractivity contribution in [2.24, 2.45) is 0 Å². The number of para-hydroxylation sites is 2. The molecular formula is C22H26N6O. The Kier molecular flexibility index (Phi) is 5.74. The number of nitrogens with one attached hydrogen (secondary N) is 1. The first-order chi connectivity index (χ1) is 14.2. The molecule has 1 aromatic heterocycles. The van der Waals surface area contributed by atoms with Crippen molar-refractivity contribution in [2.75, 3.05) is 30.4 Å².